The van der Waals surface area contributed by atoms with Crippen molar-refractivity contribution < 1.29 is 18.3 Å². The van der Waals surface area contributed by atoms with Gasteiger partial charge in [-0.15, -0.1) is 0 Å². The second-order valence-electron chi connectivity index (χ2n) is 5.00. The van der Waals surface area contributed by atoms with E-state index in [1.165, 1.54) is 12.1 Å². The van der Waals surface area contributed by atoms with Crippen molar-refractivity contribution in [1.29, 1.82) is 0 Å². The van der Waals surface area contributed by atoms with E-state index in [2.05, 4.69) is 0 Å². The van der Waals surface area contributed by atoms with E-state index in [9.17, 15) is 18.3 Å². The van der Waals surface area contributed by atoms with Gasteiger partial charge in [-0.1, -0.05) is 25.5 Å². The lowest BCUT2D eigenvalue weighted by atomic mass is 9.82. The lowest BCUT2D eigenvalue weighted by Gasteiger charge is -2.30. The van der Waals surface area contributed by atoms with Gasteiger partial charge in [-0.3, -0.25) is 0 Å². The smallest absolute Gasteiger partial charge is 0.385 e. The first kappa shape index (κ1) is 13.4. The largest absolute Gasteiger partial charge is 0.416 e. The predicted molar refractivity (Wildman–Crippen MR) is 63.0 cm³/mol. The number of hydrogen-bond donors (Lipinski definition) is 1. The Morgan fingerprint density at radius 1 is 1.28 bits per heavy atom. The van der Waals surface area contributed by atoms with Crippen LogP contribution < -0.4 is 0 Å². The van der Waals surface area contributed by atoms with Gasteiger partial charge < -0.3 is 5.11 Å². The molecular weight excluding hydrogens is 241 g/mol. The van der Waals surface area contributed by atoms with Gasteiger partial charge in [0.15, 0.2) is 0 Å². The molecule has 1 aromatic rings. The summed E-state index contributed by atoms with van der Waals surface area (Å²) in [6.45, 7) is 2.00. The van der Waals surface area contributed by atoms with Crippen molar-refractivity contribution in [2.75, 3.05) is 0 Å². The van der Waals surface area contributed by atoms with Crippen LogP contribution in [0, 0.1) is 5.92 Å². The summed E-state index contributed by atoms with van der Waals surface area (Å²) < 4.78 is 37.4. The molecule has 0 aliphatic heterocycles. The number of halogens is 3. The third kappa shape index (κ3) is 2.26. The van der Waals surface area contributed by atoms with Crippen LogP contribution in [0.5, 0.6) is 0 Å². The fourth-order valence-electron chi connectivity index (χ4n) is 2.93. The van der Waals surface area contributed by atoms with E-state index >= 15 is 0 Å². The van der Waals surface area contributed by atoms with Gasteiger partial charge in [0.25, 0.3) is 0 Å². The van der Waals surface area contributed by atoms with Gasteiger partial charge in [0.1, 0.15) is 0 Å². The monoisotopic (exact) mass is 258 g/mol. The van der Waals surface area contributed by atoms with E-state index in [1.807, 2.05) is 6.92 Å². The first-order valence-electron chi connectivity index (χ1n) is 6.28. The Bertz CT molecular complexity index is 410. The van der Waals surface area contributed by atoms with E-state index in [0.29, 0.717) is 12.0 Å². The Kier molecular flexibility index (Phi) is 3.41. The van der Waals surface area contributed by atoms with Gasteiger partial charge in [0, 0.05) is 0 Å². The summed E-state index contributed by atoms with van der Waals surface area (Å²) in [4.78, 5) is 0. The second kappa shape index (κ2) is 4.57. The molecule has 18 heavy (non-hydrogen) atoms. The first-order chi connectivity index (χ1) is 8.38. The molecule has 0 heterocycles. The average Bonchev–Trinajstić information content (AvgIpc) is 2.71. The molecule has 2 unspecified atom stereocenters. The maximum atomic E-state index is 12.5. The number of aliphatic hydroxyl groups is 1. The topological polar surface area (TPSA) is 20.2 Å². The number of hydrogen-bond acceptors (Lipinski definition) is 1. The normalized spacial score (nSPS) is 28.6. The van der Waals surface area contributed by atoms with E-state index < -0.39 is 17.3 Å². The molecule has 1 nitrogen and oxygen atoms in total. The molecule has 1 fully saturated rings. The average molecular weight is 258 g/mol. The zero-order valence-corrected chi connectivity index (χ0v) is 10.3. The highest BCUT2D eigenvalue weighted by molar-refractivity contribution is 5.30. The number of rotatable bonds is 2. The minimum Gasteiger partial charge on any atom is -0.385 e. The van der Waals surface area contributed by atoms with Crippen LogP contribution >= 0.6 is 0 Å². The zero-order valence-electron chi connectivity index (χ0n) is 10.3. The van der Waals surface area contributed by atoms with Crippen LogP contribution in [0.1, 0.15) is 43.7 Å². The molecule has 0 radical (unpaired) electrons. The molecule has 4 heteroatoms. The van der Waals surface area contributed by atoms with Crippen molar-refractivity contribution in [3.8, 4) is 0 Å². The van der Waals surface area contributed by atoms with Gasteiger partial charge in [0.2, 0.25) is 0 Å². The molecule has 1 N–H and O–H groups in total. The summed E-state index contributed by atoms with van der Waals surface area (Å²) in [5.41, 5.74) is -1.00. The summed E-state index contributed by atoms with van der Waals surface area (Å²) in [5.74, 6) is 0.147. The van der Waals surface area contributed by atoms with Gasteiger partial charge in [-0.25, -0.2) is 0 Å². The Morgan fingerprint density at radius 2 is 1.89 bits per heavy atom. The van der Waals surface area contributed by atoms with Gasteiger partial charge in [-0.05, 0) is 42.9 Å². The fraction of sp³-hybridized carbons (Fsp3) is 0.571. The Labute approximate surface area is 105 Å². The van der Waals surface area contributed by atoms with Crippen molar-refractivity contribution in [2.45, 2.75) is 44.4 Å². The van der Waals surface area contributed by atoms with Crippen molar-refractivity contribution in [2.24, 2.45) is 5.92 Å². The van der Waals surface area contributed by atoms with Crippen LogP contribution in [0.4, 0.5) is 13.2 Å². The van der Waals surface area contributed by atoms with Crippen LogP contribution in [-0.4, -0.2) is 5.11 Å². The van der Waals surface area contributed by atoms with Crippen molar-refractivity contribution >= 4 is 0 Å². The maximum absolute atomic E-state index is 12.5. The lowest BCUT2D eigenvalue weighted by molar-refractivity contribution is -0.137. The molecule has 0 saturated heterocycles. The fourth-order valence-corrected chi connectivity index (χ4v) is 2.93. The first-order valence-corrected chi connectivity index (χ1v) is 6.28. The van der Waals surface area contributed by atoms with Crippen molar-refractivity contribution in [1.82, 2.24) is 0 Å². The molecule has 0 bridgehead atoms. The zero-order chi connectivity index (χ0) is 13.4. The van der Waals surface area contributed by atoms with E-state index in [0.717, 1.165) is 31.4 Å². The molecule has 1 aliphatic carbocycles. The van der Waals surface area contributed by atoms with Crippen LogP contribution in [-0.2, 0) is 11.8 Å². The second-order valence-corrected chi connectivity index (χ2v) is 5.00. The van der Waals surface area contributed by atoms with Crippen LogP contribution in [0.2, 0.25) is 0 Å². The summed E-state index contributed by atoms with van der Waals surface area (Å²) in [5, 5.41) is 10.6. The van der Waals surface area contributed by atoms with Crippen molar-refractivity contribution in [3.05, 3.63) is 35.4 Å². The molecule has 1 aromatic carbocycles. The molecular formula is C14H17F3O. The highest BCUT2D eigenvalue weighted by Crippen LogP contribution is 2.45. The molecule has 1 aliphatic rings. The summed E-state index contributed by atoms with van der Waals surface area (Å²) in [7, 11) is 0. The maximum Gasteiger partial charge on any atom is 0.416 e. The van der Waals surface area contributed by atoms with Crippen LogP contribution in [0.25, 0.3) is 0 Å². The van der Waals surface area contributed by atoms with Gasteiger partial charge >= 0.3 is 6.18 Å². The van der Waals surface area contributed by atoms with Gasteiger partial charge in [0.05, 0.1) is 11.2 Å². The molecule has 1 saturated carbocycles. The minimum absolute atomic E-state index is 0.147. The summed E-state index contributed by atoms with van der Waals surface area (Å²) in [6.07, 6.45) is -0.973. The molecule has 2 atom stereocenters. The summed E-state index contributed by atoms with van der Waals surface area (Å²) >= 11 is 0. The molecule has 2 rings (SSSR count). The highest BCUT2D eigenvalue weighted by atomic mass is 19.4. The van der Waals surface area contributed by atoms with Crippen LogP contribution in [0.3, 0.4) is 0 Å². The third-order valence-electron chi connectivity index (χ3n) is 3.99. The molecule has 0 aromatic heterocycles. The number of benzene rings is 1. The highest BCUT2D eigenvalue weighted by Gasteiger charge is 2.41. The number of alkyl halides is 3. The predicted octanol–water partition coefficient (Wildman–Crippen LogP) is 4.10. The molecule has 0 spiro atoms. The van der Waals surface area contributed by atoms with E-state index in [-0.39, 0.29) is 5.92 Å². The summed E-state index contributed by atoms with van der Waals surface area (Å²) in [6, 6.07) is 4.93. The van der Waals surface area contributed by atoms with E-state index in [1.54, 1.807) is 0 Å². The Morgan fingerprint density at radius 3 is 2.39 bits per heavy atom. The Hall–Kier alpha value is -1.03. The molecule has 100 valence electrons. The lowest BCUT2D eigenvalue weighted by Crippen LogP contribution is -2.29. The van der Waals surface area contributed by atoms with Crippen LogP contribution in [0.15, 0.2) is 24.3 Å². The standard InChI is InChI=1S/C14H17F3O/c1-2-10-4-3-9-13(10,18)11-5-7-12(8-6-11)14(15,16)17/h5-8,10,18H,2-4,9H2,1H3. The van der Waals surface area contributed by atoms with Crippen molar-refractivity contribution in [3.63, 3.8) is 0 Å². The van der Waals surface area contributed by atoms with E-state index in [4.69, 9.17) is 0 Å². The Balaban J connectivity index is 2.29. The SMILES string of the molecule is CCC1CCCC1(O)c1ccc(C(F)(F)F)cc1. The molecule has 0 amide bonds. The van der Waals surface area contributed by atoms with Gasteiger partial charge in [-0.2, -0.15) is 13.2 Å². The third-order valence-corrected chi connectivity index (χ3v) is 3.99. The quantitative estimate of drug-likeness (QED) is 0.846. The minimum atomic E-state index is -4.32.